The minimum absolute atomic E-state index is 0.0909. The van der Waals surface area contributed by atoms with Gasteiger partial charge in [0.05, 0.1) is 17.9 Å². The molecule has 0 aliphatic carbocycles. The largest absolute Gasteiger partial charge is 0.340 e. The van der Waals surface area contributed by atoms with Gasteiger partial charge in [-0.25, -0.2) is 0 Å². The molecule has 6 heteroatoms. The maximum absolute atomic E-state index is 12.5. The van der Waals surface area contributed by atoms with E-state index < -0.39 is 0 Å². The predicted molar refractivity (Wildman–Crippen MR) is 87.2 cm³/mol. The minimum Gasteiger partial charge on any atom is -0.340 e. The highest BCUT2D eigenvalue weighted by Gasteiger charge is 2.32. The van der Waals surface area contributed by atoms with Gasteiger partial charge in [0.1, 0.15) is 11.7 Å². The van der Waals surface area contributed by atoms with Crippen LogP contribution in [0.3, 0.4) is 0 Å². The number of ketones is 1. The molecule has 2 aliphatic rings. The third-order valence-electron chi connectivity index (χ3n) is 3.87. The zero-order valence-corrected chi connectivity index (χ0v) is 12.6. The molecule has 0 fully saturated rings. The first-order chi connectivity index (χ1) is 11.2. The molecule has 0 spiro atoms. The van der Waals surface area contributed by atoms with Crippen LogP contribution < -0.4 is 5.32 Å². The molecular formula is C17H15N5O. The number of nitrogens with zero attached hydrogens (tertiary/aromatic N) is 4. The van der Waals surface area contributed by atoms with E-state index in [2.05, 4.69) is 22.2 Å². The summed E-state index contributed by atoms with van der Waals surface area (Å²) in [6, 6.07) is 5.63. The summed E-state index contributed by atoms with van der Waals surface area (Å²) in [5.74, 6) is 1.52. The molecule has 0 radical (unpaired) electrons. The predicted octanol–water partition coefficient (Wildman–Crippen LogP) is 2.08. The lowest BCUT2D eigenvalue weighted by Crippen LogP contribution is -2.37. The van der Waals surface area contributed by atoms with Crippen molar-refractivity contribution in [3.05, 3.63) is 66.0 Å². The number of fused-ring (bicyclic) bond motifs is 3. The normalized spacial score (nSPS) is 20.6. The summed E-state index contributed by atoms with van der Waals surface area (Å²) in [6.45, 7) is 2.81. The molecule has 4 heterocycles. The highest BCUT2D eigenvalue weighted by Crippen LogP contribution is 2.30. The topological polar surface area (TPSA) is 70.5 Å². The fourth-order valence-electron chi connectivity index (χ4n) is 2.82. The quantitative estimate of drug-likeness (QED) is 0.679. The molecule has 0 aromatic carbocycles. The van der Waals surface area contributed by atoms with Crippen molar-refractivity contribution in [3.8, 4) is 0 Å². The smallest absolute Gasteiger partial charge is 0.191 e. The van der Waals surface area contributed by atoms with E-state index in [4.69, 9.17) is 4.99 Å². The third-order valence-corrected chi connectivity index (χ3v) is 3.87. The molecule has 1 unspecified atom stereocenters. The lowest BCUT2D eigenvalue weighted by Gasteiger charge is -2.31. The van der Waals surface area contributed by atoms with Gasteiger partial charge < -0.3 is 10.2 Å². The van der Waals surface area contributed by atoms with Crippen molar-refractivity contribution in [2.24, 2.45) is 4.99 Å². The van der Waals surface area contributed by atoms with Gasteiger partial charge in [-0.15, -0.1) is 0 Å². The van der Waals surface area contributed by atoms with E-state index in [1.807, 2.05) is 11.0 Å². The van der Waals surface area contributed by atoms with Crippen LogP contribution in [0, 0.1) is 0 Å². The maximum Gasteiger partial charge on any atom is 0.191 e. The van der Waals surface area contributed by atoms with Gasteiger partial charge in [0, 0.05) is 42.3 Å². The summed E-state index contributed by atoms with van der Waals surface area (Å²) in [7, 11) is 0. The second-order valence-electron chi connectivity index (χ2n) is 5.59. The van der Waals surface area contributed by atoms with Crippen LogP contribution in [-0.4, -0.2) is 39.1 Å². The zero-order chi connectivity index (χ0) is 15.8. The molecule has 2 aliphatic heterocycles. The molecule has 4 rings (SSSR count). The Morgan fingerprint density at radius 1 is 1.30 bits per heavy atom. The molecule has 0 saturated carbocycles. The van der Waals surface area contributed by atoms with E-state index in [1.165, 1.54) is 0 Å². The number of allylic oxidation sites excluding steroid dienone is 1. The van der Waals surface area contributed by atoms with Gasteiger partial charge in [0.25, 0.3) is 0 Å². The van der Waals surface area contributed by atoms with Crippen LogP contribution in [0.5, 0.6) is 0 Å². The van der Waals surface area contributed by atoms with E-state index in [9.17, 15) is 4.79 Å². The molecule has 0 bridgehead atoms. The number of carbonyl (C=O) groups is 1. The number of amidine groups is 1. The lowest BCUT2D eigenvalue weighted by atomic mass is 10.1. The molecule has 1 atom stereocenters. The number of aliphatic imine (C=N–C) groups is 1. The average Bonchev–Trinajstić information content (AvgIpc) is 2.98. The second kappa shape index (κ2) is 5.31. The van der Waals surface area contributed by atoms with Crippen molar-refractivity contribution in [3.63, 3.8) is 0 Å². The van der Waals surface area contributed by atoms with E-state index in [0.29, 0.717) is 5.56 Å². The summed E-state index contributed by atoms with van der Waals surface area (Å²) in [4.78, 5) is 27.3. The Morgan fingerprint density at radius 2 is 2.17 bits per heavy atom. The summed E-state index contributed by atoms with van der Waals surface area (Å²) in [6.07, 6.45) is 8.32. The summed E-state index contributed by atoms with van der Waals surface area (Å²) in [5.41, 5.74) is 2.43. The van der Waals surface area contributed by atoms with Crippen molar-refractivity contribution >= 4 is 17.3 Å². The first-order valence-electron chi connectivity index (χ1n) is 7.45. The lowest BCUT2D eigenvalue weighted by molar-refractivity contribution is 0.104. The van der Waals surface area contributed by atoms with Crippen molar-refractivity contribution in [2.75, 3.05) is 11.9 Å². The van der Waals surface area contributed by atoms with Crippen molar-refractivity contribution < 1.29 is 4.79 Å². The SMILES string of the molecule is CC1CN2C(=CC(=O)c3cccnc3)Nc3cnccc3C2=N1. The Bertz CT molecular complexity index is 828. The van der Waals surface area contributed by atoms with Gasteiger partial charge in [-0.2, -0.15) is 0 Å². The maximum atomic E-state index is 12.5. The van der Waals surface area contributed by atoms with E-state index in [-0.39, 0.29) is 11.8 Å². The van der Waals surface area contributed by atoms with Crippen LogP contribution >= 0.6 is 0 Å². The van der Waals surface area contributed by atoms with Crippen LogP contribution in [0.1, 0.15) is 22.8 Å². The molecule has 0 amide bonds. The first kappa shape index (κ1) is 13.6. The average molecular weight is 305 g/mol. The minimum atomic E-state index is -0.0909. The zero-order valence-electron chi connectivity index (χ0n) is 12.6. The summed E-state index contributed by atoms with van der Waals surface area (Å²) >= 11 is 0. The van der Waals surface area contributed by atoms with Gasteiger partial charge in [-0.1, -0.05) is 0 Å². The van der Waals surface area contributed by atoms with Crippen molar-refractivity contribution in [1.82, 2.24) is 14.9 Å². The number of carbonyl (C=O) groups excluding carboxylic acids is 1. The monoisotopic (exact) mass is 305 g/mol. The Hall–Kier alpha value is -3.02. The fraction of sp³-hybridized carbons (Fsp3) is 0.176. The third kappa shape index (κ3) is 2.38. The van der Waals surface area contributed by atoms with Crippen molar-refractivity contribution in [2.45, 2.75) is 13.0 Å². The Kier molecular flexibility index (Phi) is 3.15. The Labute approximate surface area is 133 Å². The van der Waals surface area contributed by atoms with E-state index >= 15 is 0 Å². The number of pyridine rings is 2. The first-order valence-corrected chi connectivity index (χ1v) is 7.45. The number of hydrogen-bond acceptors (Lipinski definition) is 6. The van der Waals surface area contributed by atoms with Crippen LogP contribution in [-0.2, 0) is 0 Å². The molecule has 1 N–H and O–H groups in total. The molecule has 6 nitrogen and oxygen atoms in total. The summed E-state index contributed by atoms with van der Waals surface area (Å²) < 4.78 is 0. The van der Waals surface area contributed by atoms with E-state index in [0.717, 1.165) is 29.5 Å². The molecule has 0 saturated heterocycles. The number of anilines is 1. The molecule has 2 aromatic rings. The van der Waals surface area contributed by atoms with Crippen molar-refractivity contribution in [1.29, 1.82) is 0 Å². The molecular weight excluding hydrogens is 290 g/mol. The van der Waals surface area contributed by atoms with Gasteiger partial charge in [-0.3, -0.25) is 19.8 Å². The van der Waals surface area contributed by atoms with Crippen LogP contribution in [0.15, 0.2) is 59.9 Å². The number of hydrogen-bond donors (Lipinski definition) is 1. The van der Waals surface area contributed by atoms with Crippen LogP contribution in [0.4, 0.5) is 5.69 Å². The second-order valence-corrected chi connectivity index (χ2v) is 5.59. The Morgan fingerprint density at radius 3 is 3.00 bits per heavy atom. The molecule has 23 heavy (non-hydrogen) atoms. The standard InChI is InChI=1S/C17H15N5O/c1-11-10-22-16(7-15(23)12-3-2-5-18-8-12)21-14-9-19-6-4-13(14)17(22)20-11/h2-9,11,21H,10H2,1H3. The van der Waals surface area contributed by atoms with Gasteiger partial charge in [0.15, 0.2) is 5.78 Å². The highest BCUT2D eigenvalue weighted by molar-refractivity contribution is 6.10. The fourth-order valence-corrected chi connectivity index (χ4v) is 2.82. The number of rotatable bonds is 2. The van der Waals surface area contributed by atoms with Gasteiger partial charge in [-0.05, 0) is 25.1 Å². The van der Waals surface area contributed by atoms with E-state index in [1.54, 1.807) is 43.0 Å². The summed E-state index contributed by atoms with van der Waals surface area (Å²) in [5, 5.41) is 3.29. The molecule has 114 valence electrons. The Balaban J connectivity index is 1.75. The van der Waals surface area contributed by atoms with Gasteiger partial charge >= 0.3 is 0 Å². The van der Waals surface area contributed by atoms with Crippen LogP contribution in [0.2, 0.25) is 0 Å². The number of aromatic nitrogens is 2. The molecule has 2 aromatic heterocycles. The van der Waals surface area contributed by atoms with Gasteiger partial charge in [0.2, 0.25) is 0 Å². The van der Waals surface area contributed by atoms with Crippen LogP contribution in [0.25, 0.3) is 0 Å². The number of nitrogens with one attached hydrogen (secondary N) is 1. The highest BCUT2D eigenvalue weighted by atomic mass is 16.1.